The Labute approximate surface area is 123 Å². The number of piperidine rings is 1. The van der Waals surface area contributed by atoms with E-state index >= 15 is 0 Å². The highest BCUT2D eigenvalue weighted by Gasteiger charge is 2.27. The average molecular weight is 285 g/mol. The molecule has 0 spiro atoms. The molecule has 1 unspecified atom stereocenters. The lowest BCUT2D eigenvalue weighted by atomic mass is 9.98. The molecular formula is C15H19N5O. The van der Waals surface area contributed by atoms with Crippen LogP contribution in [0, 0.1) is 0 Å². The van der Waals surface area contributed by atoms with E-state index in [4.69, 9.17) is 0 Å². The van der Waals surface area contributed by atoms with E-state index in [0.29, 0.717) is 5.56 Å². The number of carbonyl (C=O) groups is 1. The lowest BCUT2D eigenvalue weighted by Gasteiger charge is -2.35. The molecule has 1 atom stereocenters. The maximum Gasteiger partial charge on any atom is 0.255 e. The fraction of sp³-hybridized carbons (Fsp3) is 0.467. The van der Waals surface area contributed by atoms with Crippen LogP contribution in [0.1, 0.15) is 36.0 Å². The maximum absolute atomic E-state index is 12.6. The molecule has 6 heteroatoms. The smallest absolute Gasteiger partial charge is 0.255 e. The summed E-state index contributed by atoms with van der Waals surface area (Å²) < 4.78 is 1.92. The zero-order valence-electron chi connectivity index (χ0n) is 11.9. The number of carbonyl (C=O) groups excluding carboxylic acids is 1. The summed E-state index contributed by atoms with van der Waals surface area (Å²) in [5.41, 5.74) is 0.621. The SMILES string of the molecule is O=C(c1ccnnc1)N1CCCCC1CCn1cccn1. The Morgan fingerprint density at radius 3 is 3.00 bits per heavy atom. The van der Waals surface area contributed by atoms with Crippen molar-refractivity contribution in [2.45, 2.75) is 38.3 Å². The maximum atomic E-state index is 12.6. The van der Waals surface area contributed by atoms with Gasteiger partial charge in [0.2, 0.25) is 0 Å². The van der Waals surface area contributed by atoms with E-state index in [1.54, 1.807) is 24.7 Å². The molecule has 0 saturated carbocycles. The number of hydrogen-bond donors (Lipinski definition) is 0. The van der Waals surface area contributed by atoms with Crippen LogP contribution in [0.3, 0.4) is 0 Å². The van der Waals surface area contributed by atoms with Gasteiger partial charge in [0, 0.05) is 31.5 Å². The van der Waals surface area contributed by atoms with E-state index in [-0.39, 0.29) is 11.9 Å². The van der Waals surface area contributed by atoms with Gasteiger partial charge in [-0.05, 0) is 37.8 Å². The first-order valence-electron chi connectivity index (χ1n) is 7.40. The van der Waals surface area contributed by atoms with Crippen LogP contribution in [0.4, 0.5) is 0 Å². The van der Waals surface area contributed by atoms with Crippen LogP contribution in [0.15, 0.2) is 36.9 Å². The Hall–Kier alpha value is -2.24. The van der Waals surface area contributed by atoms with Crippen LogP contribution >= 0.6 is 0 Å². The standard InChI is InChI=1S/C15H19N5O/c21-15(13-5-8-16-17-12-13)20-10-2-1-4-14(20)6-11-19-9-3-7-18-19/h3,5,7-9,12,14H,1-2,4,6,10-11H2. The third kappa shape index (κ3) is 3.26. The van der Waals surface area contributed by atoms with Crippen molar-refractivity contribution < 1.29 is 4.79 Å². The lowest BCUT2D eigenvalue weighted by Crippen LogP contribution is -2.44. The van der Waals surface area contributed by atoms with E-state index < -0.39 is 0 Å². The number of likely N-dealkylation sites (tertiary alicyclic amines) is 1. The van der Waals surface area contributed by atoms with Crippen molar-refractivity contribution in [3.63, 3.8) is 0 Å². The summed E-state index contributed by atoms with van der Waals surface area (Å²) in [5, 5.41) is 11.8. The zero-order valence-corrected chi connectivity index (χ0v) is 11.9. The molecule has 6 nitrogen and oxygen atoms in total. The van der Waals surface area contributed by atoms with Gasteiger partial charge in [-0.25, -0.2) is 0 Å². The summed E-state index contributed by atoms with van der Waals surface area (Å²) in [6.45, 7) is 1.67. The van der Waals surface area contributed by atoms with Crippen molar-refractivity contribution in [1.82, 2.24) is 24.9 Å². The molecule has 3 heterocycles. The van der Waals surface area contributed by atoms with Gasteiger partial charge < -0.3 is 4.90 Å². The van der Waals surface area contributed by atoms with Crippen LogP contribution in [-0.4, -0.2) is 43.4 Å². The van der Waals surface area contributed by atoms with Crippen LogP contribution in [0.25, 0.3) is 0 Å². The molecule has 2 aromatic heterocycles. The van der Waals surface area contributed by atoms with Gasteiger partial charge in [-0.3, -0.25) is 9.48 Å². The first kappa shape index (κ1) is 13.7. The first-order valence-corrected chi connectivity index (χ1v) is 7.40. The van der Waals surface area contributed by atoms with Gasteiger partial charge in [-0.15, -0.1) is 0 Å². The van der Waals surface area contributed by atoms with Crippen molar-refractivity contribution in [3.05, 3.63) is 42.5 Å². The lowest BCUT2D eigenvalue weighted by molar-refractivity contribution is 0.0593. The fourth-order valence-corrected chi connectivity index (χ4v) is 2.87. The second kappa shape index (κ2) is 6.47. The molecule has 1 fully saturated rings. The predicted octanol–water partition coefficient (Wildman–Crippen LogP) is 1.76. The summed E-state index contributed by atoms with van der Waals surface area (Å²) in [5.74, 6) is 0.0649. The number of rotatable bonds is 4. The number of aromatic nitrogens is 4. The summed E-state index contributed by atoms with van der Waals surface area (Å²) in [6.07, 6.45) is 11.1. The van der Waals surface area contributed by atoms with E-state index in [0.717, 1.165) is 32.4 Å². The summed E-state index contributed by atoms with van der Waals surface area (Å²) in [4.78, 5) is 14.6. The van der Waals surface area contributed by atoms with Crippen molar-refractivity contribution in [2.75, 3.05) is 6.54 Å². The molecule has 0 radical (unpaired) electrons. The van der Waals surface area contributed by atoms with E-state index in [2.05, 4.69) is 15.3 Å². The van der Waals surface area contributed by atoms with E-state index in [9.17, 15) is 4.79 Å². The summed E-state index contributed by atoms with van der Waals surface area (Å²) in [7, 11) is 0. The second-order valence-electron chi connectivity index (χ2n) is 5.34. The fourth-order valence-electron chi connectivity index (χ4n) is 2.87. The van der Waals surface area contributed by atoms with Crippen LogP contribution in [0.5, 0.6) is 0 Å². The van der Waals surface area contributed by atoms with Crippen molar-refractivity contribution in [1.29, 1.82) is 0 Å². The Morgan fingerprint density at radius 1 is 1.29 bits per heavy atom. The number of nitrogens with zero attached hydrogens (tertiary/aromatic N) is 5. The first-order chi connectivity index (χ1) is 10.3. The minimum Gasteiger partial charge on any atom is -0.336 e. The molecule has 1 aliphatic rings. The van der Waals surface area contributed by atoms with Crippen LogP contribution in [0.2, 0.25) is 0 Å². The molecular weight excluding hydrogens is 266 g/mol. The highest BCUT2D eigenvalue weighted by atomic mass is 16.2. The van der Waals surface area contributed by atoms with Gasteiger partial charge in [0.05, 0.1) is 18.0 Å². The van der Waals surface area contributed by atoms with Gasteiger partial charge >= 0.3 is 0 Å². The molecule has 1 aliphatic heterocycles. The molecule has 0 aliphatic carbocycles. The molecule has 1 saturated heterocycles. The van der Waals surface area contributed by atoms with Gasteiger partial charge in [0.15, 0.2) is 0 Å². The topological polar surface area (TPSA) is 63.9 Å². The second-order valence-corrected chi connectivity index (χ2v) is 5.34. The quantitative estimate of drug-likeness (QED) is 0.858. The van der Waals surface area contributed by atoms with Crippen molar-refractivity contribution in [3.8, 4) is 0 Å². The largest absolute Gasteiger partial charge is 0.336 e. The predicted molar refractivity (Wildman–Crippen MR) is 77.6 cm³/mol. The van der Waals surface area contributed by atoms with Crippen molar-refractivity contribution >= 4 is 5.91 Å². The molecule has 1 amide bonds. The van der Waals surface area contributed by atoms with Crippen LogP contribution in [-0.2, 0) is 6.54 Å². The molecule has 0 N–H and O–H groups in total. The third-order valence-corrected chi connectivity index (χ3v) is 3.97. The third-order valence-electron chi connectivity index (χ3n) is 3.97. The molecule has 2 aromatic rings. The van der Waals surface area contributed by atoms with Crippen LogP contribution < -0.4 is 0 Å². The highest BCUT2D eigenvalue weighted by molar-refractivity contribution is 5.94. The summed E-state index contributed by atoms with van der Waals surface area (Å²) in [6, 6.07) is 3.93. The van der Waals surface area contributed by atoms with E-state index in [1.807, 2.05) is 21.8 Å². The molecule has 0 aromatic carbocycles. The number of hydrogen-bond acceptors (Lipinski definition) is 4. The average Bonchev–Trinajstić information content (AvgIpc) is 3.07. The Kier molecular flexibility index (Phi) is 4.23. The van der Waals surface area contributed by atoms with Gasteiger partial charge in [0.1, 0.15) is 0 Å². The molecule has 3 rings (SSSR count). The van der Waals surface area contributed by atoms with Crippen molar-refractivity contribution in [2.24, 2.45) is 0 Å². The Balaban J connectivity index is 1.67. The minimum atomic E-state index is 0.0649. The minimum absolute atomic E-state index is 0.0649. The van der Waals surface area contributed by atoms with E-state index in [1.165, 1.54) is 6.42 Å². The summed E-state index contributed by atoms with van der Waals surface area (Å²) >= 11 is 0. The van der Waals surface area contributed by atoms with Gasteiger partial charge in [-0.2, -0.15) is 15.3 Å². The normalized spacial score (nSPS) is 18.7. The Morgan fingerprint density at radius 2 is 2.24 bits per heavy atom. The number of amides is 1. The highest BCUT2D eigenvalue weighted by Crippen LogP contribution is 2.22. The molecule has 21 heavy (non-hydrogen) atoms. The number of aryl methyl sites for hydroxylation is 1. The van der Waals surface area contributed by atoms with Gasteiger partial charge in [-0.1, -0.05) is 0 Å². The molecule has 110 valence electrons. The monoisotopic (exact) mass is 285 g/mol. The Bertz CT molecular complexity index is 569. The van der Waals surface area contributed by atoms with Gasteiger partial charge in [0.25, 0.3) is 5.91 Å². The zero-order chi connectivity index (χ0) is 14.5. The molecule has 0 bridgehead atoms.